The summed E-state index contributed by atoms with van der Waals surface area (Å²) in [5, 5.41) is 4.81. The lowest BCUT2D eigenvalue weighted by molar-refractivity contribution is -0.123. The van der Waals surface area contributed by atoms with Gasteiger partial charge >= 0.3 is 4.87 Å². The molecule has 2 aliphatic carbocycles. The number of hydrogen-bond acceptors (Lipinski definition) is 7. The molecule has 3 fully saturated rings. The molecule has 45 heavy (non-hydrogen) atoms. The third-order valence-corrected chi connectivity index (χ3v) is 12.6. The highest BCUT2D eigenvalue weighted by Crippen LogP contribution is 2.68. The number of thioether (sulfide) groups is 1. The number of anilines is 2. The number of halogens is 2. The predicted molar refractivity (Wildman–Crippen MR) is 174 cm³/mol. The van der Waals surface area contributed by atoms with E-state index in [4.69, 9.17) is 27.9 Å². The number of rotatable bonds is 6. The molecular weight excluding hydrogens is 653 g/mol. The van der Waals surface area contributed by atoms with Gasteiger partial charge in [0.05, 0.1) is 22.5 Å². The van der Waals surface area contributed by atoms with Crippen LogP contribution in [0.15, 0.2) is 82.6 Å². The van der Waals surface area contributed by atoms with Gasteiger partial charge in [0, 0.05) is 31.8 Å². The first-order chi connectivity index (χ1) is 21.8. The Bertz CT molecular complexity index is 1910. The number of fused-ring (bicyclic) bond motifs is 9. The molecular formula is C33H25Cl2N3O5S2. The molecule has 3 heterocycles. The van der Waals surface area contributed by atoms with E-state index in [0.717, 1.165) is 21.9 Å². The van der Waals surface area contributed by atoms with Crippen molar-refractivity contribution in [2.24, 2.45) is 29.6 Å². The molecule has 8 rings (SSSR count). The summed E-state index contributed by atoms with van der Waals surface area (Å²) < 4.78 is 5.91. The number of benzene rings is 3. The van der Waals surface area contributed by atoms with Crippen molar-refractivity contribution in [2.75, 3.05) is 16.8 Å². The predicted octanol–water partition coefficient (Wildman–Crippen LogP) is 6.44. The molecule has 228 valence electrons. The Hall–Kier alpha value is -3.57. The van der Waals surface area contributed by atoms with Crippen molar-refractivity contribution in [3.8, 4) is 5.75 Å². The van der Waals surface area contributed by atoms with Crippen molar-refractivity contribution < 1.29 is 19.1 Å². The highest BCUT2D eigenvalue weighted by Gasteiger charge is 2.69. The van der Waals surface area contributed by atoms with Crippen molar-refractivity contribution in [3.63, 3.8) is 0 Å². The van der Waals surface area contributed by atoms with Gasteiger partial charge in [-0.15, -0.1) is 11.8 Å². The van der Waals surface area contributed by atoms with Gasteiger partial charge in [0.1, 0.15) is 5.75 Å². The van der Waals surface area contributed by atoms with E-state index in [0.29, 0.717) is 27.2 Å². The van der Waals surface area contributed by atoms with E-state index in [-0.39, 0.29) is 64.0 Å². The molecule has 12 heteroatoms. The largest absolute Gasteiger partial charge is 0.484 e. The van der Waals surface area contributed by atoms with Gasteiger partial charge in [0.15, 0.2) is 6.61 Å². The molecule has 1 saturated heterocycles. The summed E-state index contributed by atoms with van der Waals surface area (Å²) in [5.74, 6) is -0.988. The molecule has 2 N–H and O–H groups in total. The van der Waals surface area contributed by atoms with Crippen molar-refractivity contribution in [1.82, 2.24) is 4.98 Å². The molecule has 6 unspecified atom stereocenters. The van der Waals surface area contributed by atoms with Crippen LogP contribution in [0.1, 0.15) is 22.8 Å². The lowest BCUT2D eigenvalue weighted by atomic mass is 9.68. The van der Waals surface area contributed by atoms with E-state index in [1.165, 1.54) is 16.2 Å². The van der Waals surface area contributed by atoms with Crippen LogP contribution in [0.5, 0.6) is 5.75 Å². The topological polar surface area (TPSA) is 109 Å². The van der Waals surface area contributed by atoms with Crippen molar-refractivity contribution in [1.29, 1.82) is 0 Å². The number of carbonyl (C=O) groups excluding carboxylic acids is 3. The fourth-order valence-corrected chi connectivity index (χ4v) is 11.1. The zero-order valence-electron chi connectivity index (χ0n) is 23.4. The van der Waals surface area contributed by atoms with E-state index in [1.54, 1.807) is 66.4 Å². The molecule has 4 aromatic rings. The van der Waals surface area contributed by atoms with E-state index in [9.17, 15) is 19.2 Å². The molecule has 0 spiro atoms. The third kappa shape index (κ3) is 4.81. The van der Waals surface area contributed by atoms with Crippen LogP contribution in [0, 0.1) is 29.6 Å². The van der Waals surface area contributed by atoms with Crippen LogP contribution in [0.2, 0.25) is 10.0 Å². The van der Waals surface area contributed by atoms with Crippen LogP contribution in [0.25, 0.3) is 0 Å². The average molecular weight is 679 g/mol. The summed E-state index contributed by atoms with van der Waals surface area (Å²) in [5.41, 5.74) is 2.11. The molecule has 4 aliphatic rings. The normalized spacial score (nSPS) is 27.7. The molecule has 2 bridgehead atoms. The number of hydrogen-bond donors (Lipinski definition) is 2. The first-order valence-corrected chi connectivity index (χ1v) is 17.0. The Kier molecular flexibility index (Phi) is 7.09. The number of ether oxygens (including phenoxy) is 1. The Labute approximate surface area is 276 Å². The average Bonchev–Trinajstić information content (AvgIpc) is 3.77. The van der Waals surface area contributed by atoms with Crippen LogP contribution in [-0.2, 0) is 14.4 Å². The van der Waals surface area contributed by atoms with E-state index in [1.807, 2.05) is 18.2 Å². The highest BCUT2D eigenvalue weighted by molar-refractivity contribution is 8.00. The molecule has 2 aliphatic heterocycles. The van der Waals surface area contributed by atoms with Crippen LogP contribution in [-0.4, -0.2) is 34.6 Å². The molecule has 7 atom stereocenters. The molecule has 0 radical (unpaired) electrons. The van der Waals surface area contributed by atoms with Gasteiger partial charge in [-0.25, -0.2) is 0 Å². The highest BCUT2D eigenvalue weighted by atomic mass is 35.5. The lowest BCUT2D eigenvalue weighted by Gasteiger charge is -2.43. The third-order valence-electron chi connectivity index (χ3n) is 9.52. The monoisotopic (exact) mass is 677 g/mol. The minimum absolute atomic E-state index is 0.0128. The van der Waals surface area contributed by atoms with Gasteiger partial charge in [0.2, 0.25) is 11.8 Å². The van der Waals surface area contributed by atoms with E-state index in [2.05, 4.69) is 10.3 Å². The van der Waals surface area contributed by atoms with Crippen molar-refractivity contribution >= 4 is 75.4 Å². The Morgan fingerprint density at radius 1 is 0.933 bits per heavy atom. The Balaban J connectivity index is 1.08. The molecule has 8 nitrogen and oxygen atoms in total. The second-order valence-corrected chi connectivity index (χ2v) is 14.9. The second kappa shape index (κ2) is 11.0. The van der Waals surface area contributed by atoms with Gasteiger partial charge in [-0.3, -0.25) is 24.1 Å². The molecule has 3 aromatic carbocycles. The molecule has 3 amide bonds. The zero-order chi connectivity index (χ0) is 31.0. The van der Waals surface area contributed by atoms with E-state index < -0.39 is 5.92 Å². The Morgan fingerprint density at radius 2 is 1.62 bits per heavy atom. The van der Waals surface area contributed by atoms with Gasteiger partial charge in [-0.1, -0.05) is 46.7 Å². The zero-order valence-corrected chi connectivity index (χ0v) is 26.6. The minimum Gasteiger partial charge on any atom is -0.484 e. The standard InChI is InChI=1S/C33H25Cl2N3O5S2/c34-16-4-8-18(9-5-16)36-23(39)14-43-20-3-1-2-15(12-20)24-25-21-13-22(28(25)44-30-29(24)45-33(42)37-30)27-26(21)31(40)38(32(27)41)19-10-6-17(35)7-11-19/h1-12,21-22,24-28H,13-14H2,(H,36,39)(H,37,42)/t21?,22?,24-,25?,26?,27?,28?/m1/s1. The summed E-state index contributed by atoms with van der Waals surface area (Å²) in [6.45, 7) is -0.188. The summed E-state index contributed by atoms with van der Waals surface area (Å²) in [6.07, 6.45) is 0.792. The van der Waals surface area contributed by atoms with E-state index >= 15 is 0 Å². The van der Waals surface area contributed by atoms with Crippen molar-refractivity contribution in [3.05, 3.63) is 103 Å². The van der Waals surface area contributed by atoms with Gasteiger partial charge in [-0.2, -0.15) is 0 Å². The lowest BCUT2D eigenvalue weighted by Crippen LogP contribution is -2.42. The fourth-order valence-electron chi connectivity index (χ4n) is 7.91. The summed E-state index contributed by atoms with van der Waals surface area (Å²) >= 11 is 14.9. The Morgan fingerprint density at radius 3 is 2.36 bits per heavy atom. The smallest absolute Gasteiger partial charge is 0.305 e. The SMILES string of the molecule is O=C(COc1cccc([C@H]2c3sc(=O)[nH]c3SC3C4CC(C5C(=O)N(c6ccc(Cl)cc6)C(=O)C45)C32)c1)Nc1ccc(Cl)cc1. The molecule has 2 saturated carbocycles. The molecule has 1 aromatic heterocycles. The minimum atomic E-state index is -0.407. The number of H-pyrrole nitrogens is 1. The van der Waals surface area contributed by atoms with Gasteiger partial charge < -0.3 is 15.0 Å². The van der Waals surface area contributed by atoms with Crippen LogP contribution in [0.4, 0.5) is 11.4 Å². The van der Waals surface area contributed by atoms with Crippen LogP contribution in [0.3, 0.4) is 0 Å². The van der Waals surface area contributed by atoms with Gasteiger partial charge in [-0.05, 0) is 90.4 Å². The van der Waals surface area contributed by atoms with Crippen LogP contribution < -0.4 is 19.8 Å². The number of carbonyl (C=O) groups is 3. The fraction of sp³-hybridized carbons (Fsp3) is 0.273. The number of thiazole rings is 1. The maximum atomic E-state index is 13.9. The van der Waals surface area contributed by atoms with Crippen LogP contribution >= 0.6 is 46.3 Å². The number of aromatic amines is 1. The first-order valence-electron chi connectivity index (χ1n) is 14.6. The van der Waals surface area contributed by atoms with Gasteiger partial charge in [0.25, 0.3) is 5.91 Å². The number of amides is 3. The summed E-state index contributed by atoms with van der Waals surface area (Å²) in [4.78, 5) is 58.1. The van der Waals surface area contributed by atoms with Crippen molar-refractivity contribution in [2.45, 2.75) is 22.6 Å². The maximum absolute atomic E-state index is 13.9. The number of imide groups is 1. The second-order valence-electron chi connectivity index (χ2n) is 11.9. The summed E-state index contributed by atoms with van der Waals surface area (Å²) in [6, 6.07) is 21.3. The maximum Gasteiger partial charge on any atom is 0.305 e. The summed E-state index contributed by atoms with van der Waals surface area (Å²) in [7, 11) is 0. The quantitative estimate of drug-likeness (QED) is 0.228. The number of aromatic nitrogens is 1. The number of nitrogens with zero attached hydrogens (tertiary/aromatic N) is 1. The number of nitrogens with one attached hydrogen (secondary N) is 2. The first kappa shape index (κ1) is 28.9.